The zero-order chi connectivity index (χ0) is 17.1. The van der Waals surface area contributed by atoms with Crippen LogP contribution in [0.1, 0.15) is 25.8 Å². The molecule has 0 bridgehead atoms. The Bertz CT molecular complexity index is 823. The summed E-state index contributed by atoms with van der Waals surface area (Å²) in [6.07, 6.45) is 6.78. The minimum absolute atomic E-state index is 0.242. The quantitative estimate of drug-likeness (QED) is 0.678. The number of nitrogens with zero attached hydrogens (tertiary/aromatic N) is 2. The van der Waals surface area contributed by atoms with Crippen molar-refractivity contribution < 1.29 is 9.84 Å². The highest BCUT2D eigenvalue weighted by Gasteiger charge is 2.12. The summed E-state index contributed by atoms with van der Waals surface area (Å²) in [6, 6.07) is 8.20. The number of pyridine rings is 1. The molecule has 4 heteroatoms. The van der Waals surface area contributed by atoms with Crippen molar-refractivity contribution in [3.05, 3.63) is 48.4 Å². The number of benzene rings is 1. The first-order valence-corrected chi connectivity index (χ1v) is 8.40. The molecule has 2 heterocycles. The largest absolute Gasteiger partial charge is 0.494 e. The summed E-state index contributed by atoms with van der Waals surface area (Å²) in [4.78, 5) is 4.19. The van der Waals surface area contributed by atoms with Crippen molar-refractivity contribution in [1.29, 1.82) is 0 Å². The molecule has 0 unspecified atom stereocenters. The van der Waals surface area contributed by atoms with Gasteiger partial charge in [0.1, 0.15) is 0 Å². The van der Waals surface area contributed by atoms with Gasteiger partial charge in [-0.25, -0.2) is 0 Å². The third-order valence-corrected chi connectivity index (χ3v) is 4.15. The second-order valence-electron chi connectivity index (χ2n) is 6.42. The lowest BCUT2D eigenvalue weighted by Crippen LogP contribution is -2.06. The molecule has 3 aromatic rings. The van der Waals surface area contributed by atoms with E-state index in [0.717, 1.165) is 40.4 Å². The van der Waals surface area contributed by atoms with E-state index in [2.05, 4.69) is 17.1 Å². The topological polar surface area (TPSA) is 47.3 Å². The lowest BCUT2D eigenvalue weighted by Gasteiger charge is -2.08. The lowest BCUT2D eigenvalue weighted by atomic mass is 10.0. The second kappa shape index (κ2) is 7.05. The minimum atomic E-state index is 0.242. The van der Waals surface area contributed by atoms with Gasteiger partial charge in [0.05, 0.1) is 6.10 Å². The molecule has 0 spiro atoms. The van der Waals surface area contributed by atoms with Crippen LogP contribution in [0.4, 0.5) is 0 Å². The van der Waals surface area contributed by atoms with Crippen molar-refractivity contribution in [3.63, 3.8) is 0 Å². The molecule has 0 aliphatic rings. The fourth-order valence-electron chi connectivity index (χ4n) is 3.02. The second-order valence-corrected chi connectivity index (χ2v) is 6.42. The van der Waals surface area contributed by atoms with Crippen LogP contribution in [0, 0.1) is 6.92 Å². The van der Waals surface area contributed by atoms with E-state index >= 15 is 0 Å². The normalized spacial score (nSPS) is 11.5. The molecule has 2 aromatic heterocycles. The standard InChI is InChI=1S/C20H24N2O2/c1-14(2)24-9-5-8-22-13-18-11-17(16-6-4-7-21-12-16)10-15(3)19(18)20(22)23/h4,6-7,10-14,23H,5,8-9H2,1-3H3. The van der Waals surface area contributed by atoms with Crippen molar-refractivity contribution in [3.8, 4) is 17.0 Å². The molecule has 0 aliphatic carbocycles. The Labute approximate surface area is 142 Å². The average Bonchev–Trinajstić information content (AvgIpc) is 2.89. The van der Waals surface area contributed by atoms with E-state index in [1.165, 1.54) is 0 Å². The Morgan fingerprint density at radius 3 is 2.79 bits per heavy atom. The van der Waals surface area contributed by atoms with Gasteiger partial charge >= 0.3 is 0 Å². The number of hydrogen-bond acceptors (Lipinski definition) is 3. The molecule has 0 fully saturated rings. The van der Waals surface area contributed by atoms with Gasteiger partial charge in [0.15, 0.2) is 5.88 Å². The maximum atomic E-state index is 10.6. The van der Waals surface area contributed by atoms with E-state index in [-0.39, 0.29) is 6.10 Å². The smallest absolute Gasteiger partial charge is 0.199 e. The third-order valence-electron chi connectivity index (χ3n) is 4.15. The van der Waals surface area contributed by atoms with Crippen molar-refractivity contribution >= 4 is 10.8 Å². The molecule has 4 nitrogen and oxygen atoms in total. The van der Waals surface area contributed by atoms with Gasteiger partial charge in [-0.15, -0.1) is 0 Å². The number of rotatable bonds is 6. The molecule has 3 rings (SSSR count). The maximum absolute atomic E-state index is 10.6. The molecular formula is C20H24N2O2. The zero-order valence-electron chi connectivity index (χ0n) is 14.5. The molecule has 1 N–H and O–H groups in total. The minimum Gasteiger partial charge on any atom is -0.494 e. The van der Waals surface area contributed by atoms with E-state index in [9.17, 15) is 5.11 Å². The maximum Gasteiger partial charge on any atom is 0.199 e. The predicted molar refractivity (Wildman–Crippen MR) is 97.3 cm³/mol. The van der Waals surface area contributed by atoms with E-state index in [1.54, 1.807) is 6.20 Å². The van der Waals surface area contributed by atoms with Crippen molar-refractivity contribution in [2.24, 2.45) is 0 Å². The number of hydrogen-bond donors (Lipinski definition) is 1. The zero-order valence-corrected chi connectivity index (χ0v) is 14.5. The summed E-state index contributed by atoms with van der Waals surface area (Å²) in [7, 11) is 0. The predicted octanol–water partition coefficient (Wildman–Crippen LogP) is 4.53. The Morgan fingerprint density at radius 2 is 2.08 bits per heavy atom. The van der Waals surface area contributed by atoms with Gasteiger partial charge in [0.2, 0.25) is 0 Å². The lowest BCUT2D eigenvalue weighted by molar-refractivity contribution is 0.0746. The molecule has 0 radical (unpaired) electrons. The van der Waals surface area contributed by atoms with Gasteiger partial charge in [-0.2, -0.15) is 0 Å². The van der Waals surface area contributed by atoms with E-state index in [4.69, 9.17) is 4.74 Å². The Morgan fingerprint density at radius 1 is 1.25 bits per heavy atom. The van der Waals surface area contributed by atoms with Crippen LogP contribution < -0.4 is 0 Å². The monoisotopic (exact) mass is 324 g/mol. The molecule has 0 amide bonds. The molecule has 0 saturated carbocycles. The van der Waals surface area contributed by atoms with Gasteiger partial charge in [0, 0.05) is 48.1 Å². The number of aromatic hydroxyl groups is 1. The van der Waals surface area contributed by atoms with Crippen LogP contribution in [0.15, 0.2) is 42.9 Å². The van der Waals surface area contributed by atoms with Crippen molar-refractivity contribution in [2.75, 3.05) is 6.61 Å². The van der Waals surface area contributed by atoms with Crippen LogP contribution in [-0.2, 0) is 11.3 Å². The number of ether oxygens (including phenoxy) is 1. The molecule has 0 aliphatic heterocycles. The summed E-state index contributed by atoms with van der Waals surface area (Å²) in [5, 5.41) is 12.5. The van der Waals surface area contributed by atoms with E-state index in [1.807, 2.05) is 49.9 Å². The van der Waals surface area contributed by atoms with Crippen molar-refractivity contribution in [2.45, 2.75) is 39.8 Å². The molecule has 126 valence electrons. The van der Waals surface area contributed by atoms with Crippen molar-refractivity contribution in [1.82, 2.24) is 9.55 Å². The Kier molecular flexibility index (Phi) is 4.86. The van der Waals surface area contributed by atoms with Crippen LogP contribution in [0.2, 0.25) is 0 Å². The van der Waals surface area contributed by atoms with Crippen LogP contribution >= 0.6 is 0 Å². The highest BCUT2D eigenvalue weighted by atomic mass is 16.5. The summed E-state index contributed by atoms with van der Waals surface area (Å²) in [6.45, 7) is 7.55. The number of aromatic nitrogens is 2. The summed E-state index contributed by atoms with van der Waals surface area (Å²) < 4.78 is 7.49. The number of fused-ring (bicyclic) bond motifs is 1. The van der Waals surface area contributed by atoms with Gasteiger partial charge < -0.3 is 14.4 Å². The first-order valence-electron chi connectivity index (χ1n) is 8.40. The Balaban J connectivity index is 1.88. The van der Waals surface area contributed by atoms with Crippen LogP contribution in [0.5, 0.6) is 5.88 Å². The summed E-state index contributed by atoms with van der Waals surface area (Å²) in [5.41, 5.74) is 3.27. The third kappa shape index (κ3) is 3.44. The Hall–Kier alpha value is -2.33. The molecular weight excluding hydrogens is 300 g/mol. The van der Waals surface area contributed by atoms with Crippen LogP contribution in [0.25, 0.3) is 21.9 Å². The molecule has 0 saturated heterocycles. The molecule has 0 atom stereocenters. The van der Waals surface area contributed by atoms with Gasteiger partial charge in [-0.05, 0) is 50.5 Å². The van der Waals surface area contributed by atoms with Gasteiger partial charge in [-0.3, -0.25) is 4.98 Å². The number of aryl methyl sites for hydroxylation is 2. The highest BCUT2D eigenvalue weighted by Crippen LogP contribution is 2.34. The highest BCUT2D eigenvalue weighted by molar-refractivity contribution is 5.94. The first-order chi connectivity index (χ1) is 11.6. The molecule has 1 aromatic carbocycles. The van der Waals surface area contributed by atoms with E-state index in [0.29, 0.717) is 12.5 Å². The van der Waals surface area contributed by atoms with Crippen LogP contribution in [0.3, 0.4) is 0 Å². The average molecular weight is 324 g/mol. The SMILES string of the molecule is Cc1cc(-c2cccnc2)cc2cn(CCCOC(C)C)c(O)c12. The first kappa shape index (κ1) is 16.5. The van der Waals surface area contributed by atoms with E-state index < -0.39 is 0 Å². The fourth-order valence-corrected chi connectivity index (χ4v) is 3.02. The fraction of sp³-hybridized carbons (Fsp3) is 0.350. The van der Waals surface area contributed by atoms with Crippen LogP contribution in [-0.4, -0.2) is 27.4 Å². The molecule has 24 heavy (non-hydrogen) atoms. The van der Waals surface area contributed by atoms with Gasteiger partial charge in [0.25, 0.3) is 0 Å². The summed E-state index contributed by atoms with van der Waals surface area (Å²) in [5.74, 6) is 0.338. The van der Waals surface area contributed by atoms with Gasteiger partial charge in [-0.1, -0.05) is 12.1 Å². The summed E-state index contributed by atoms with van der Waals surface area (Å²) >= 11 is 0.